The number of halogens is 3. The van der Waals surface area contributed by atoms with Crippen molar-refractivity contribution in [2.24, 2.45) is 0 Å². The summed E-state index contributed by atoms with van der Waals surface area (Å²) < 4.78 is 47.6. The van der Waals surface area contributed by atoms with Gasteiger partial charge in [0.05, 0.1) is 23.4 Å². The van der Waals surface area contributed by atoms with Crippen molar-refractivity contribution in [3.63, 3.8) is 0 Å². The fourth-order valence-electron chi connectivity index (χ4n) is 3.47. The first-order chi connectivity index (χ1) is 15.8. The number of rotatable bonds is 6. The summed E-state index contributed by atoms with van der Waals surface area (Å²) in [5, 5.41) is 3.29. The third-order valence-electron chi connectivity index (χ3n) is 5.07. The van der Waals surface area contributed by atoms with Crippen LogP contribution >= 0.6 is 11.3 Å². The summed E-state index contributed by atoms with van der Waals surface area (Å²) in [5.41, 5.74) is 2.15. The number of fused-ring (bicyclic) bond motifs is 1. The number of thiazole rings is 1. The first kappa shape index (κ1) is 23.3. The number of nitrogens with one attached hydrogen (secondary N) is 1. The second-order valence-electron chi connectivity index (χ2n) is 7.58. The second-order valence-corrected chi connectivity index (χ2v) is 8.59. The minimum absolute atomic E-state index is 0.325. The Labute approximate surface area is 192 Å². The van der Waals surface area contributed by atoms with Crippen LogP contribution < -0.4 is 15.0 Å². The van der Waals surface area contributed by atoms with Gasteiger partial charge in [0.2, 0.25) is 0 Å². The molecule has 2 amide bonds. The summed E-state index contributed by atoms with van der Waals surface area (Å²) in [7, 11) is 0. The third-order valence-corrected chi connectivity index (χ3v) is 6.11. The number of morpholine rings is 1. The molecule has 1 fully saturated rings. The molecule has 4 rings (SSSR count). The zero-order valence-corrected chi connectivity index (χ0v) is 18.7. The number of ether oxygens (including phenoxy) is 2. The van der Waals surface area contributed by atoms with E-state index in [1.807, 2.05) is 25.1 Å². The van der Waals surface area contributed by atoms with Crippen LogP contribution in [0.4, 0.5) is 28.8 Å². The number of anilines is 2. The van der Waals surface area contributed by atoms with E-state index in [2.05, 4.69) is 19.9 Å². The number of urea groups is 1. The van der Waals surface area contributed by atoms with Crippen LogP contribution in [0.2, 0.25) is 0 Å². The van der Waals surface area contributed by atoms with E-state index < -0.39 is 6.36 Å². The van der Waals surface area contributed by atoms with Gasteiger partial charge in [-0.3, -0.25) is 9.80 Å². The van der Waals surface area contributed by atoms with Crippen LogP contribution in [-0.4, -0.2) is 61.7 Å². The summed E-state index contributed by atoms with van der Waals surface area (Å²) in [5.74, 6) is -0.325. The van der Waals surface area contributed by atoms with Gasteiger partial charge in [0.1, 0.15) is 5.75 Å². The lowest BCUT2D eigenvalue weighted by molar-refractivity contribution is -0.274. The molecule has 11 heteroatoms. The van der Waals surface area contributed by atoms with E-state index in [0.717, 1.165) is 30.0 Å². The topological polar surface area (TPSA) is 66.9 Å². The molecule has 33 heavy (non-hydrogen) atoms. The highest BCUT2D eigenvalue weighted by molar-refractivity contribution is 7.22. The maximum absolute atomic E-state index is 13.2. The molecule has 1 saturated heterocycles. The molecule has 7 nitrogen and oxygen atoms in total. The Hall–Kier alpha value is -2.89. The molecule has 0 atom stereocenters. The minimum atomic E-state index is -4.78. The molecule has 1 aromatic heterocycles. The monoisotopic (exact) mass is 480 g/mol. The van der Waals surface area contributed by atoms with E-state index in [1.165, 1.54) is 23.1 Å². The lowest BCUT2D eigenvalue weighted by Crippen LogP contribution is -2.44. The molecule has 0 saturated carbocycles. The molecule has 0 spiro atoms. The molecule has 1 aliphatic rings. The zero-order chi connectivity index (χ0) is 23.4. The number of benzene rings is 2. The maximum atomic E-state index is 13.2. The Kier molecular flexibility index (Phi) is 7.01. The van der Waals surface area contributed by atoms with Gasteiger partial charge in [-0.05, 0) is 36.8 Å². The van der Waals surface area contributed by atoms with E-state index in [9.17, 15) is 18.0 Å². The summed E-state index contributed by atoms with van der Waals surface area (Å²) in [6, 6.07) is 11.0. The van der Waals surface area contributed by atoms with Crippen LogP contribution in [0.15, 0.2) is 42.5 Å². The molecule has 2 aromatic carbocycles. The molecule has 0 bridgehead atoms. The van der Waals surface area contributed by atoms with Gasteiger partial charge in [0.15, 0.2) is 5.13 Å². The number of aryl methyl sites for hydroxylation is 1. The lowest BCUT2D eigenvalue weighted by atomic mass is 10.2. The highest BCUT2D eigenvalue weighted by Gasteiger charge is 2.31. The van der Waals surface area contributed by atoms with E-state index in [4.69, 9.17) is 4.74 Å². The van der Waals surface area contributed by atoms with E-state index >= 15 is 0 Å². The zero-order valence-electron chi connectivity index (χ0n) is 17.9. The Morgan fingerprint density at radius 3 is 2.76 bits per heavy atom. The predicted molar refractivity (Wildman–Crippen MR) is 121 cm³/mol. The molecule has 176 valence electrons. The highest BCUT2D eigenvalue weighted by atomic mass is 32.1. The van der Waals surface area contributed by atoms with Crippen LogP contribution in [0.3, 0.4) is 0 Å². The molecular weight excluding hydrogens is 457 g/mol. The van der Waals surface area contributed by atoms with Gasteiger partial charge in [0.25, 0.3) is 0 Å². The van der Waals surface area contributed by atoms with Crippen LogP contribution in [0, 0.1) is 6.92 Å². The molecule has 0 unspecified atom stereocenters. The van der Waals surface area contributed by atoms with Crippen LogP contribution in [0.5, 0.6) is 5.75 Å². The van der Waals surface area contributed by atoms with Crippen molar-refractivity contribution in [1.29, 1.82) is 0 Å². The molecule has 0 aliphatic carbocycles. The van der Waals surface area contributed by atoms with E-state index in [-0.39, 0.29) is 11.8 Å². The normalized spacial score (nSPS) is 14.9. The minimum Gasteiger partial charge on any atom is -0.406 e. The Morgan fingerprint density at radius 1 is 1.24 bits per heavy atom. The van der Waals surface area contributed by atoms with Crippen molar-refractivity contribution in [1.82, 2.24) is 9.88 Å². The molecular formula is C22H23F3N4O3S. The lowest BCUT2D eigenvalue weighted by Gasteiger charge is -2.29. The third kappa shape index (κ3) is 6.34. The molecule has 3 aromatic rings. The van der Waals surface area contributed by atoms with Gasteiger partial charge in [0, 0.05) is 37.9 Å². The molecule has 1 aliphatic heterocycles. The number of nitrogens with zero attached hydrogens (tertiary/aromatic N) is 3. The number of aromatic nitrogens is 1. The van der Waals surface area contributed by atoms with Crippen molar-refractivity contribution >= 4 is 38.4 Å². The fraction of sp³-hybridized carbons (Fsp3) is 0.364. The quantitative estimate of drug-likeness (QED) is 0.545. The van der Waals surface area contributed by atoms with Crippen molar-refractivity contribution in [3.05, 3.63) is 48.0 Å². The number of hydrogen-bond donors (Lipinski definition) is 1. The van der Waals surface area contributed by atoms with Gasteiger partial charge in [-0.25, -0.2) is 9.78 Å². The first-order valence-corrected chi connectivity index (χ1v) is 11.2. The highest BCUT2D eigenvalue weighted by Crippen LogP contribution is 2.33. The predicted octanol–water partition coefficient (Wildman–Crippen LogP) is 4.87. The molecule has 1 N–H and O–H groups in total. The molecule has 2 heterocycles. The first-order valence-electron chi connectivity index (χ1n) is 10.4. The number of hydrogen-bond acceptors (Lipinski definition) is 6. The number of carbonyl (C=O) groups is 1. The second kappa shape index (κ2) is 9.94. The van der Waals surface area contributed by atoms with Crippen molar-refractivity contribution in [3.8, 4) is 5.75 Å². The van der Waals surface area contributed by atoms with Crippen molar-refractivity contribution in [2.45, 2.75) is 13.3 Å². The summed E-state index contributed by atoms with van der Waals surface area (Å²) >= 11 is 1.14. The fourth-order valence-corrected chi connectivity index (χ4v) is 4.49. The Morgan fingerprint density at radius 2 is 2.03 bits per heavy atom. The van der Waals surface area contributed by atoms with Crippen molar-refractivity contribution < 1.29 is 27.4 Å². The van der Waals surface area contributed by atoms with Gasteiger partial charge in [-0.1, -0.05) is 23.5 Å². The van der Waals surface area contributed by atoms with E-state index in [1.54, 1.807) is 6.07 Å². The average molecular weight is 481 g/mol. The Balaban J connectivity index is 1.58. The van der Waals surface area contributed by atoms with Crippen LogP contribution in [0.1, 0.15) is 5.56 Å². The number of carbonyl (C=O) groups excluding carboxylic acids is 1. The largest absolute Gasteiger partial charge is 0.573 e. The Bertz CT molecular complexity index is 1120. The van der Waals surface area contributed by atoms with Gasteiger partial charge in [-0.15, -0.1) is 13.2 Å². The molecule has 0 radical (unpaired) electrons. The van der Waals surface area contributed by atoms with E-state index in [0.29, 0.717) is 47.3 Å². The number of alkyl halides is 3. The summed E-state index contributed by atoms with van der Waals surface area (Å²) in [6.45, 7) is 5.72. The summed E-state index contributed by atoms with van der Waals surface area (Å²) in [6.07, 6.45) is -4.78. The average Bonchev–Trinajstić information content (AvgIpc) is 3.16. The maximum Gasteiger partial charge on any atom is 0.573 e. The van der Waals surface area contributed by atoms with Gasteiger partial charge >= 0.3 is 12.4 Å². The van der Waals surface area contributed by atoms with Crippen LogP contribution in [0.25, 0.3) is 10.2 Å². The summed E-state index contributed by atoms with van der Waals surface area (Å²) in [4.78, 5) is 21.4. The van der Waals surface area contributed by atoms with Gasteiger partial charge < -0.3 is 14.8 Å². The standard InChI is InChI=1S/C22H23F3N4O3S/c1-15-3-2-4-16(13-15)26-20(30)29(8-7-28-9-11-31-12-10-28)21-27-18-6-5-17(14-19(18)33-21)32-22(23,24)25/h2-6,13-14H,7-12H2,1H3,(H,26,30). The smallest absolute Gasteiger partial charge is 0.406 e. The SMILES string of the molecule is Cc1cccc(NC(=O)N(CCN2CCOCC2)c2nc3ccc(OC(F)(F)F)cc3s2)c1. The van der Waals surface area contributed by atoms with Gasteiger partial charge in [-0.2, -0.15) is 0 Å². The number of amides is 2. The van der Waals surface area contributed by atoms with Crippen LogP contribution in [-0.2, 0) is 4.74 Å². The van der Waals surface area contributed by atoms with Crippen molar-refractivity contribution in [2.75, 3.05) is 49.6 Å².